The Balaban J connectivity index is 2.55. The van der Waals surface area contributed by atoms with E-state index in [4.69, 9.17) is 15.8 Å². The van der Waals surface area contributed by atoms with Crippen molar-refractivity contribution in [3.8, 4) is 0 Å². The predicted molar refractivity (Wildman–Crippen MR) is 79.8 cm³/mol. The summed E-state index contributed by atoms with van der Waals surface area (Å²) in [6.07, 6.45) is 0. The van der Waals surface area contributed by atoms with E-state index in [1.54, 1.807) is 24.1 Å². The predicted octanol–water partition coefficient (Wildman–Crippen LogP) is -1.67. The molecule has 6 nitrogen and oxygen atoms in total. The smallest absolute Gasteiger partial charge is 0.423 e. The van der Waals surface area contributed by atoms with Crippen LogP contribution in [0, 0.1) is 0 Å². The van der Waals surface area contributed by atoms with Gasteiger partial charge in [0.1, 0.15) is 0 Å². The Bertz CT molecular complexity index is 425. The molecule has 0 aliphatic heterocycles. The van der Waals surface area contributed by atoms with Gasteiger partial charge in [0, 0.05) is 38.8 Å². The third-order valence-corrected chi connectivity index (χ3v) is 3.13. The minimum absolute atomic E-state index is 0.0925. The molecular formula is C13H22BN3O3. The molecule has 0 radical (unpaired) electrons. The fourth-order valence-corrected chi connectivity index (χ4v) is 1.77. The lowest BCUT2D eigenvalue weighted by molar-refractivity contribution is 0.0783. The van der Waals surface area contributed by atoms with Crippen molar-refractivity contribution in [2.24, 2.45) is 5.73 Å². The number of nitrogens with zero attached hydrogens (tertiary/aromatic N) is 2. The van der Waals surface area contributed by atoms with Crippen molar-refractivity contribution >= 4 is 18.5 Å². The first-order valence-corrected chi connectivity index (χ1v) is 6.56. The van der Waals surface area contributed by atoms with Gasteiger partial charge >= 0.3 is 7.12 Å². The Kier molecular flexibility index (Phi) is 6.67. The molecule has 0 bridgehead atoms. The Hall–Kier alpha value is -1.41. The number of hydrogen-bond acceptors (Lipinski definition) is 5. The Morgan fingerprint density at radius 3 is 2.25 bits per heavy atom. The van der Waals surface area contributed by atoms with Crippen molar-refractivity contribution < 1.29 is 14.8 Å². The zero-order chi connectivity index (χ0) is 15.1. The van der Waals surface area contributed by atoms with Crippen molar-refractivity contribution in [1.29, 1.82) is 0 Å². The van der Waals surface area contributed by atoms with Crippen molar-refractivity contribution in [1.82, 2.24) is 9.80 Å². The average Bonchev–Trinajstić information content (AvgIpc) is 2.44. The fraction of sp³-hybridized carbons (Fsp3) is 0.462. The van der Waals surface area contributed by atoms with Crippen LogP contribution in [0.25, 0.3) is 0 Å². The van der Waals surface area contributed by atoms with Crippen molar-refractivity contribution in [2.75, 3.05) is 40.3 Å². The van der Waals surface area contributed by atoms with Crippen LogP contribution in [0.15, 0.2) is 24.3 Å². The summed E-state index contributed by atoms with van der Waals surface area (Å²) in [4.78, 5) is 15.9. The average molecular weight is 279 g/mol. The summed E-state index contributed by atoms with van der Waals surface area (Å²) >= 11 is 0. The molecule has 0 fully saturated rings. The first-order chi connectivity index (χ1) is 9.45. The number of hydrogen-bond donors (Lipinski definition) is 3. The van der Waals surface area contributed by atoms with Gasteiger partial charge in [0.05, 0.1) is 0 Å². The van der Waals surface area contributed by atoms with Crippen LogP contribution >= 0.6 is 0 Å². The van der Waals surface area contributed by atoms with E-state index in [-0.39, 0.29) is 5.91 Å². The van der Waals surface area contributed by atoms with Gasteiger partial charge in [-0.25, -0.2) is 0 Å². The maximum absolute atomic E-state index is 12.2. The second-order valence-corrected chi connectivity index (χ2v) is 4.81. The molecule has 0 saturated heterocycles. The van der Waals surface area contributed by atoms with Crippen LogP contribution in [0.1, 0.15) is 10.4 Å². The highest BCUT2D eigenvalue weighted by Gasteiger charge is 2.14. The van der Waals surface area contributed by atoms with Crippen LogP contribution in [-0.2, 0) is 0 Å². The summed E-state index contributed by atoms with van der Waals surface area (Å²) in [5.41, 5.74) is 6.36. The van der Waals surface area contributed by atoms with Crippen LogP contribution in [0.5, 0.6) is 0 Å². The SMILES string of the molecule is CN(CCN)CCN(C)C(=O)c1ccc(B(O)O)cc1. The highest BCUT2D eigenvalue weighted by atomic mass is 16.4. The number of amides is 1. The molecule has 4 N–H and O–H groups in total. The Morgan fingerprint density at radius 2 is 1.75 bits per heavy atom. The number of nitrogens with two attached hydrogens (primary N) is 1. The molecule has 1 amide bonds. The van der Waals surface area contributed by atoms with Gasteiger partial charge in [0.15, 0.2) is 0 Å². The van der Waals surface area contributed by atoms with Crippen molar-refractivity contribution in [3.63, 3.8) is 0 Å². The normalized spacial score (nSPS) is 10.7. The van der Waals surface area contributed by atoms with Gasteiger partial charge in [-0.05, 0) is 24.6 Å². The minimum Gasteiger partial charge on any atom is -0.423 e. The molecule has 1 rings (SSSR count). The van der Waals surface area contributed by atoms with Crippen LogP contribution in [0.3, 0.4) is 0 Å². The van der Waals surface area contributed by atoms with Crippen LogP contribution in [0.4, 0.5) is 0 Å². The van der Waals surface area contributed by atoms with Gasteiger partial charge < -0.3 is 25.6 Å². The van der Waals surface area contributed by atoms with Crippen LogP contribution in [-0.4, -0.2) is 73.1 Å². The maximum atomic E-state index is 12.2. The van der Waals surface area contributed by atoms with E-state index in [0.717, 1.165) is 13.1 Å². The zero-order valence-corrected chi connectivity index (χ0v) is 12.0. The quantitative estimate of drug-likeness (QED) is 0.519. The number of carbonyl (C=O) groups is 1. The van der Waals surface area contributed by atoms with Gasteiger partial charge in [-0.15, -0.1) is 0 Å². The number of rotatable bonds is 7. The summed E-state index contributed by atoms with van der Waals surface area (Å²) < 4.78 is 0. The number of benzene rings is 1. The van der Waals surface area contributed by atoms with Gasteiger partial charge in [0.25, 0.3) is 5.91 Å². The van der Waals surface area contributed by atoms with E-state index < -0.39 is 7.12 Å². The van der Waals surface area contributed by atoms with Gasteiger partial charge in [-0.1, -0.05) is 12.1 Å². The van der Waals surface area contributed by atoms with E-state index in [2.05, 4.69) is 4.90 Å². The summed E-state index contributed by atoms with van der Waals surface area (Å²) in [6, 6.07) is 6.26. The highest BCUT2D eigenvalue weighted by molar-refractivity contribution is 6.58. The second kappa shape index (κ2) is 8.01. The Labute approximate surface area is 119 Å². The maximum Gasteiger partial charge on any atom is 0.488 e. The zero-order valence-electron chi connectivity index (χ0n) is 12.0. The molecule has 7 heteroatoms. The topological polar surface area (TPSA) is 90.0 Å². The third-order valence-electron chi connectivity index (χ3n) is 3.13. The molecule has 0 heterocycles. The van der Waals surface area contributed by atoms with Gasteiger partial charge in [-0.3, -0.25) is 4.79 Å². The fourth-order valence-electron chi connectivity index (χ4n) is 1.77. The van der Waals surface area contributed by atoms with E-state index in [1.807, 2.05) is 7.05 Å². The Morgan fingerprint density at radius 1 is 1.15 bits per heavy atom. The highest BCUT2D eigenvalue weighted by Crippen LogP contribution is 2.02. The molecule has 0 aromatic heterocycles. The molecule has 20 heavy (non-hydrogen) atoms. The molecule has 0 aliphatic rings. The van der Waals surface area contributed by atoms with Crippen molar-refractivity contribution in [3.05, 3.63) is 29.8 Å². The van der Waals surface area contributed by atoms with Gasteiger partial charge in [0.2, 0.25) is 0 Å². The van der Waals surface area contributed by atoms with E-state index >= 15 is 0 Å². The largest absolute Gasteiger partial charge is 0.488 e. The molecule has 0 unspecified atom stereocenters. The first kappa shape index (κ1) is 16.6. The van der Waals surface area contributed by atoms with E-state index in [0.29, 0.717) is 24.1 Å². The molecule has 1 aromatic rings. The minimum atomic E-state index is -1.51. The second-order valence-electron chi connectivity index (χ2n) is 4.81. The first-order valence-electron chi connectivity index (χ1n) is 6.56. The molecule has 110 valence electrons. The molecule has 1 aromatic carbocycles. The van der Waals surface area contributed by atoms with E-state index in [9.17, 15) is 4.79 Å². The molecule has 0 spiro atoms. The summed E-state index contributed by atoms with van der Waals surface area (Å²) in [7, 11) is 2.19. The molecular weight excluding hydrogens is 257 g/mol. The number of carbonyl (C=O) groups excluding carboxylic acids is 1. The summed E-state index contributed by atoms with van der Waals surface area (Å²) in [5.74, 6) is -0.0925. The monoisotopic (exact) mass is 279 g/mol. The third kappa shape index (κ3) is 4.94. The van der Waals surface area contributed by atoms with Crippen LogP contribution < -0.4 is 11.2 Å². The lowest BCUT2D eigenvalue weighted by Gasteiger charge is -2.22. The van der Waals surface area contributed by atoms with Crippen molar-refractivity contribution in [2.45, 2.75) is 0 Å². The molecule has 0 aliphatic carbocycles. The summed E-state index contributed by atoms with van der Waals surface area (Å²) in [5, 5.41) is 18.0. The van der Waals surface area contributed by atoms with Gasteiger partial charge in [-0.2, -0.15) is 0 Å². The van der Waals surface area contributed by atoms with Crippen LogP contribution in [0.2, 0.25) is 0 Å². The standard InChI is InChI=1S/C13H22BN3O3/c1-16(8-7-15)9-10-17(2)13(18)11-3-5-12(6-4-11)14(19)20/h3-6,19-20H,7-10,15H2,1-2H3. The van der Waals surface area contributed by atoms with E-state index in [1.165, 1.54) is 12.1 Å². The lowest BCUT2D eigenvalue weighted by atomic mass is 9.80. The molecule has 0 saturated carbocycles. The lowest BCUT2D eigenvalue weighted by Crippen LogP contribution is -2.36. The summed E-state index contributed by atoms with van der Waals surface area (Å²) in [6.45, 7) is 2.76. The molecule has 0 atom stereocenters. The number of likely N-dealkylation sites (N-methyl/N-ethyl adjacent to an activating group) is 2.